The van der Waals surface area contributed by atoms with Crippen LogP contribution in [0.3, 0.4) is 0 Å². The first-order chi connectivity index (χ1) is 8.13. The van der Waals surface area contributed by atoms with Gasteiger partial charge in [0.25, 0.3) is 5.56 Å². The Kier molecular flexibility index (Phi) is 3.19. The average Bonchev–Trinajstić information content (AvgIpc) is 2.83. The Morgan fingerprint density at radius 3 is 2.82 bits per heavy atom. The van der Waals surface area contributed by atoms with Crippen LogP contribution in [0.2, 0.25) is 0 Å². The number of furan rings is 1. The Morgan fingerprint density at radius 2 is 2.24 bits per heavy atom. The molecule has 2 rings (SSSR count). The second kappa shape index (κ2) is 4.63. The summed E-state index contributed by atoms with van der Waals surface area (Å²) in [6.45, 7) is 2.65. The number of nitrogens with one attached hydrogen (secondary N) is 2. The number of likely N-dealkylation sites (N-methyl/N-ethyl adjacent to an activating group) is 1. The minimum atomic E-state index is 0.00398. The van der Waals surface area contributed by atoms with E-state index in [0.717, 1.165) is 23.6 Å². The largest absolute Gasteiger partial charge is 0.460 e. The Morgan fingerprint density at radius 1 is 1.47 bits per heavy atom. The zero-order valence-corrected chi connectivity index (χ0v) is 10.3. The fraction of sp³-hybridized carbons (Fsp3) is 0.417. The first-order valence-corrected chi connectivity index (χ1v) is 5.62. The van der Waals surface area contributed by atoms with Crippen LogP contribution in [0.5, 0.6) is 0 Å². The summed E-state index contributed by atoms with van der Waals surface area (Å²) in [6, 6.07) is 3.77. The summed E-state index contributed by atoms with van der Waals surface area (Å²) < 4.78 is 7.04. The van der Waals surface area contributed by atoms with Gasteiger partial charge in [0.15, 0.2) is 5.76 Å². The van der Waals surface area contributed by atoms with E-state index in [0.29, 0.717) is 12.2 Å². The van der Waals surface area contributed by atoms with E-state index >= 15 is 0 Å². The van der Waals surface area contributed by atoms with Gasteiger partial charge in [0, 0.05) is 12.6 Å². The van der Waals surface area contributed by atoms with Crippen LogP contribution in [0, 0.1) is 6.92 Å². The minimum Gasteiger partial charge on any atom is -0.460 e. The van der Waals surface area contributed by atoms with E-state index in [9.17, 15) is 4.79 Å². The topological polar surface area (TPSA) is 63.0 Å². The van der Waals surface area contributed by atoms with Crippen LogP contribution in [0.25, 0.3) is 11.5 Å². The van der Waals surface area contributed by atoms with Crippen LogP contribution in [0.15, 0.2) is 21.3 Å². The lowest BCUT2D eigenvalue weighted by Gasteiger charge is -1.98. The molecule has 0 spiro atoms. The fourth-order valence-electron chi connectivity index (χ4n) is 1.85. The third-order valence-electron chi connectivity index (χ3n) is 2.76. The zero-order chi connectivity index (χ0) is 12.4. The SMILES string of the molecule is CNCCc1c(-c2ccc(C)o2)[nH]n(C)c1=O. The summed E-state index contributed by atoms with van der Waals surface area (Å²) in [5.74, 6) is 1.55. The summed E-state index contributed by atoms with van der Waals surface area (Å²) in [5, 5.41) is 6.08. The van der Waals surface area contributed by atoms with Crippen molar-refractivity contribution in [2.75, 3.05) is 13.6 Å². The van der Waals surface area contributed by atoms with Crippen molar-refractivity contribution in [1.82, 2.24) is 15.1 Å². The van der Waals surface area contributed by atoms with E-state index < -0.39 is 0 Å². The number of aromatic amines is 1. The molecule has 0 atom stereocenters. The van der Waals surface area contributed by atoms with Gasteiger partial charge < -0.3 is 9.73 Å². The average molecular weight is 235 g/mol. The Labute approximate surface area is 99.4 Å². The van der Waals surface area contributed by atoms with Crippen molar-refractivity contribution in [3.8, 4) is 11.5 Å². The Hall–Kier alpha value is -1.75. The summed E-state index contributed by atoms with van der Waals surface area (Å²) in [5.41, 5.74) is 1.54. The molecule has 0 fully saturated rings. The third kappa shape index (κ3) is 2.19. The van der Waals surface area contributed by atoms with Crippen molar-refractivity contribution < 1.29 is 4.42 Å². The lowest BCUT2D eigenvalue weighted by Crippen LogP contribution is -2.19. The molecule has 0 aliphatic rings. The lowest BCUT2D eigenvalue weighted by atomic mass is 10.1. The smallest absolute Gasteiger partial charge is 0.270 e. The standard InChI is InChI=1S/C12H17N3O2/c1-8-4-5-10(17-8)11-9(6-7-13-2)12(16)15(3)14-11/h4-5,13-14H,6-7H2,1-3H3. The molecule has 0 aromatic carbocycles. The quantitative estimate of drug-likeness (QED) is 0.832. The summed E-state index contributed by atoms with van der Waals surface area (Å²) >= 11 is 0. The van der Waals surface area contributed by atoms with Gasteiger partial charge in [-0.1, -0.05) is 0 Å². The van der Waals surface area contributed by atoms with Gasteiger partial charge in [0.2, 0.25) is 0 Å². The van der Waals surface area contributed by atoms with E-state index in [1.54, 1.807) is 7.05 Å². The molecule has 0 amide bonds. The molecule has 2 N–H and O–H groups in total. The highest BCUT2D eigenvalue weighted by molar-refractivity contribution is 5.56. The van der Waals surface area contributed by atoms with Crippen LogP contribution >= 0.6 is 0 Å². The van der Waals surface area contributed by atoms with Gasteiger partial charge in [-0.3, -0.25) is 14.6 Å². The van der Waals surface area contributed by atoms with Crippen LogP contribution in [-0.2, 0) is 13.5 Å². The molecule has 0 aliphatic heterocycles. The van der Waals surface area contributed by atoms with Gasteiger partial charge in [0.1, 0.15) is 11.5 Å². The predicted octanol–water partition coefficient (Wildman–Crippen LogP) is 1.04. The van der Waals surface area contributed by atoms with E-state index in [2.05, 4.69) is 10.4 Å². The highest BCUT2D eigenvalue weighted by Crippen LogP contribution is 2.22. The number of H-pyrrole nitrogens is 1. The van der Waals surface area contributed by atoms with Gasteiger partial charge in [0.05, 0.1) is 0 Å². The third-order valence-corrected chi connectivity index (χ3v) is 2.76. The number of hydrogen-bond donors (Lipinski definition) is 2. The molecule has 5 heteroatoms. The normalized spacial score (nSPS) is 11.0. The predicted molar refractivity (Wildman–Crippen MR) is 66.1 cm³/mol. The van der Waals surface area contributed by atoms with E-state index in [1.165, 1.54) is 4.68 Å². The van der Waals surface area contributed by atoms with Crippen molar-refractivity contribution in [2.45, 2.75) is 13.3 Å². The maximum Gasteiger partial charge on any atom is 0.270 e. The molecule has 2 aromatic heterocycles. The van der Waals surface area contributed by atoms with Gasteiger partial charge in [-0.2, -0.15) is 0 Å². The molecule has 92 valence electrons. The van der Waals surface area contributed by atoms with Gasteiger partial charge >= 0.3 is 0 Å². The maximum absolute atomic E-state index is 11.9. The van der Waals surface area contributed by atoms with Gasteiger partial charge in [-0.05, 0) is 39.1 Å². The minimum absolute atomic E-state index is 0.00398. The summed E-state index contributed by atoms with van der Waals surface area (Å²) in [6.07, 6.45) is 0.682. The van der Waals surface area contributed by atoms with Crippen molar-refractivity contribution in [3.05, 3.63) is 33.8 Å². The molecule has 2 heterocycles. The Balaban J connectivity index is 2.46. The van der Waals surface area contributed by atoms with Crippen molar-refractivity contribution in [1.29, 1.82) is 0 Å². The monoisotopic (exact) mass is 235 g/mol. The van der Waals surface area contributed by atoms with E-state index in [-0.39, 0.29) is 5.56 Å². The number of aromatic nitrogens is 2. The maximum atomic E-state index is 11.9. The highest BCUT2D eigenvalue weighted by Gasteiger charge is 2.15. The second-order valence-electron chi connectivity index (χ2n) is 4.09. The zero-order valence-electron chi connectivity index (χ0n) is 10.3. The first kappa shape index (κ1) is 11.7. The summed E-state index contributed by atoms with van der Waals surface area (Å²) in [4.78, 5) is 11.9. The van der Waals surface area contributed by atoms with Crippen LogP contribution < -0.4 is 10.9 Å². The Bertz CT molecular complexity index is 563. The second-order valence-corrected chi connectivity index (χ2v) is 4.09. The molecule has 0 saturated carbocycles. The molecule has 0 aliphatic carbocycles. The van der Waals surface area contributed by atoms with Gasteiger partial charge in [-0.25, -0.2) is 0 Å². The highest BCUT2D eigenvalue weighted by atomic mass is 16.3. The van der Waals surface area contributed by atoms with E-state index in [1.807, 2.05) is 26.1 Å². The first-order valence-electron chi connectivity index (χ1n) is 5.62. The van der Waals surface area contributed by atoms with E-state index in [4.69, 9.17) is 4.42 Å². The van der Waals surface area contributed by atoms with Crippen LogP contribution in [0.1, 0.15) is 11.3 Å². The lowest BCUT2D eigenvalue weighted by molar-refractivity contribution is 0.544. The molecular weight excluding hydrogens is 218 g/mol. The fourth-order valence-corrected chi connectivity index (χ4v) is 1.85. The van der Waals surface area contributed by atoms with Crippen molar-refractivity contribution in [3.63, 3.8) is 0 Å². The van der Waals surface area contributed by atoms with Gasteiger partial charge in [-0.15, -0.1) is 0 Å². The molecule has 5 nitrogen and oxygen atoms in total. The molecule has 0 bridgehead atoms. The number of hydrogen-bond acceptors (Lipinski definition) is 3. The molecular formula is C12H17N3O2. The van der Waals surface area contributed by atoms with Crippen LogP contribution in [0.4, 0.5) is 0 Å². The number of aryl methyl sites for hydroxylation is 2. The van der Waals surface area contributed by atoms with Crippen molar-refractivity contribution in [2.24, 2.45) is 7.05 Å². The molecule has 0 radical (unpaired) electrons. The summed E-state index contributed by atoms with van der Waals surface area (Å²) in [7, 11) is 3.58. The molecule has 17 heavy (non-hydrogen) atoms. The molecule has 0 unspecified atom stereocenters. The molecule has 2 aromatic rings. The van der Waals surface area contributed by atoms with Crippen LogP contribution in [-0.4, -0.2) is 23.4 Å². The molecule has 0 saturated heterocycles. The number of nitrogens with zero attached hydrogens (tertiary/aromatic N) is 1. The number of rotatable bonds is 4. The van der Waals surface area contributed by atoms with Crippen molar-refractivity contribution >= 4 is 0 Å².